The van der Waals surface area contributed by atoms with Gasteiger partial charge in [-0.25, -0.2) is 10.5 Å². The maximum atomic E-state index is 12.7. The summed E-state index contributed by atoms with van der Waals surface area (Å²) in [5.74, 6) is -1.17. The molecule has 0 radical (unpaired) electrons. The summed E-state index contributed by atoms with van der Waals surface area (Å²) < 4.78 is 5.79. The minimum atomic E-state index is -1.17. The topological polar surface area (TPSA) is 172 Å². The number of nitrogens with two attached hydrogens (primary N) is 1. The van der Waals surface area contributed by atoms with Gasteiger partial charge in [0.25, 0.3) is 5.91 Å². The van der Waals surface area contributed by atoms with Crippen molar-refractivity contribution in [2.24, 2.45) is 0 Å². The molecule has 1 aromatic carbocycles. The number of hydroxylamine groups is 1. The highest BCUT2D eigenvalue weighted by Crippen LogP contribution is 2.27. The Bertz CT molecular complexity index is 1030. The third-order valence-electron chi connectivity index (χ3n) is 3.92. The zero-order valence-corrected chi connectivity index (χ0v) is 18.3. The maximum Gasteiger partial charge on any atom is 0.284 e. The van der Waals surface area contributed by atoms with Crippen molar-refractivity contribution in [3.8, 4) is 23.3 Å². The standard InChI is InChI=1S/C21H26N6O5/c1-12(10-24-13(2)28)32-20-16(19(29)27-31-11-21(3,4)30)17(23)25-18(26-20)15-7-5-6-14(8-15)9-22/h5-8,12,30H,10-11H2,1-4H3,(H,24,28)(H,27,29)(H2,23,25,26). The van der Waals surface area contributed by atoms with E-state index in [-0.39, 0.29) is 42.1 Å². The molecule has 0 aliphatic rings. The summed E-state index contributed by atoms with van der Waals surface area (Å²) in [5.41, 5.74) is 7.80. The van der Waals surface area contributed by atoms with Gasteiger partial charge in [-0.2, -0.15) is 10.2 Å². The van der Waals surface area contributed by atoms with E-state index in [0.717, 1.165) is 0 Å². The molecule has 1 heterocycles. The van der Waals surface area contributed by atoms with Crippen LogP contribution >= 0.6 is 0 Å². The van der Waals surface area contributed by atoms with Gasteiger partial charge in [0.15, 0.2) is 5.82 Å². The lowest BCUT2D eigenvalue weighted by molar-refractivity contribution is -0.119. The highest BCUT2D eigenvalue weighted by molar-refractivity contribution is 6.00. The van der Waals surface area contributed by atoms with Crippen LogP contribution in [0.25, 0.3) is 11.4 Å². The van der Waals surface area contributed by atoms with Crippen LogP contribution in [0.15, 0.2) is 24.3 Å². The summed E-state index contributed by atoms with van der Waals surface area (Å²) >= 11 is 0. The fourth-order valence-electron chi connectivity index (χ4n) is 2.46. The Labute approximate surface area is 185 Å². The Kier molecular flexibility index (Phi) is 8.06. The van der Waals surface area contributed by atoms with Crippen LogP contribution in [-0.2, 0) is 9.63 Å². The average Bonchev–Trinajstić information content (AvgIpc) is 2.71. The van der Waals surface area contributed by atoms with Crippen molar-refractivity contribution in [3.63, 3.8) is 0 Å². The molecule has 0 aliphatic heterocycles. The molecule has 0 saturated heterocycles. The number of aromatic nitrogens is 2. The van der Waals surface area contributed by atoms with Gasteiger partial charge in [0.2, 0.25) is 11.8 Å². The number of ether oxygens (including phenoxy) is 1. The Morgan fingerprint density at radius 2 is 2.06 bits per heavy atom. The number of amides is 2. The van der Waals surface area contributed by atoms with E-state index in [1.165, 1.54) is 20.8 Å². The van der Waals surface area contributed by atoms with Crippen molar-refractivity contribution in [3.05, 3.63) is 35.4 Å². The lowest BCUT2D eigenvalue weighted by Crippen LogP contribution is -2.35. The number of anilines is 1. The van der Waals surface area contributed by atoms with Crippen LogP contribution in [-0.4, -0.2) is 51.7 Å². The average molecular weight is 442 g/mol. The molecule has 1 atom stereocenters. The van der Waals surface area contributed by atoms with Gasteiger partial charge in [0, 0.05) is 12.5 Å². The number of hydrogen-bond donors (Lipinski definition) is 4. The second-order valence-corrected chi connectivity index (χ2v) is 7.70. The lowest BCUT2D eigenvalue weighted by atomic mass is 10.1. The molecule has 0 bridgehead atoms. The van der Waals surface area contributed by atoms with Crippen molar-refractivity contribution >= 4 is 17.6 Å². The largest absolute Gasteiger partial charge is 0.472 e. The van der Waals surface area contributed by atoms with Crippen LogP contribution in [0.2, 0.25) is 0 Å². The van der Waals surface area contributed by atoms with Crippen LogP contribution in [0, 0.1) is 11.3 Å². The van der Waals surface area contributed by atoms with E-state index in [4.69, 9.17) is 20.6 Å². The molecule has 1 aromatic heterocycles. The SMILES string of the molecule is CC(=O)NCC(C)Oc1nc(-c2cccc(C#N)c2)nc(N)c1C(=O)NOCC(C)(C)O. The summed E-state index contributed by atoms with van der Waals surface area (Å²) in [6.07, 6.45) is -0.560. The van der Waals surface area contributed by atoms with E-state index >= 15 is 0 Å². The summed E-state index contributed by atoms with van der Waals surface area (Å²) in [7, 11) is 0. The van der Waals surface area contributed by atoms with Crippen LogP contribution in [0.5, 0.6) is 5.88 Å². The first-order chi connectivity index (χ1) is 15.0. The van der Waals surface area contributed by atoms with Gasteiger partial charge in [-0.1, -0.05) is 12.1 Å². The number of aliphatic hydroxyl groups is 1. The maximum absolute atomic E-state index is 12.7. The van der Waals surface area contributed by atoms with E-state index in [1.807, 2.05) is 6.07 Å². The number of nitriles is 1. The number of rotatable bonds is 9. The van der Waals surface area contributed by atoms with Gasteiger partial charge in [0.1, 0.15) is 24.1 Å². The molecule has 11 heteroatoms. The molecular weight excluding hydrogens is 416 g/mol. The van der Waals surface area contributed by atoms with Crippen molar-refractivity contribution < 1.29 is 24.3 Å². The summed E-state index contributed by atoms with van der Waals surface area (Å²) in [6, 6.07) is 8.58. The molecule has 2 rings (SSSR count). The summed E-state index contributed by atoms with van der Waals surface area (Å²) in [6.45, 7) is 6.06. The van der Waals surface area contributed by atoms with Gasteiger partial charge < -0.3 is 20.9 Å². The van der Waals surface area contributed by atoms with Gasteiger partial charge in [-0.15, -0.1) is 0 Å². The quantitative estimate of drug-likeness (QED) is 0.412. The second-order valence-electron chi connectivity index (χ2n) is 7.70. The molecule has 1 unspecified atom stereocenters. The molecule has 170 valence electrons. The fraction of sp³-hybridized carbons (Fsp3) is 0.381. The monoisotopic (exact) mass is 442 g/mol. The number of nitrogens with zero attached hydrogens (tertiary/aromatic N) is 3. The van der Waals surface area contributed by atoms with E-state index in [9.17, 15) is 14.7 Å². The minimum absolute atomic E-state index is 0.128. The molecule has 32 heavy (non-hydrogen) atoms. The zero-order chi connectivity index (χ0) is 23.9. The Morgan fingerprint density at radius 1 is 1.34 bits per heavy atom. The molecule has 0 spiro atoms. The molecule has 11 nitrogen and oxygen atoms in total. The number of benzene rings is 1. The number of hydrogen-bond acceptors (Lipinski definition) is 9. The molecule has 0 saturated carbocycles. The summed E-state index contributed by atoms with van der Waals surface area (Å²) in [5, 5.41) is 21.5. The second kappa shape index (κ2) is 10.5. The van der Waals surface area contributed by atoms with E-state index in [1.54, 1.807) is 31.2 Å². The first-order valence-corrected chi connectivity index (χ1v) is 9.74. The summed E-state index contributed by atoms with van der Waals surface area (Å²) in [4.78, 5) is 37.4. The Balaban J connectivity index is 2.40. The smallest absolute Gasteiger partial charge is 0.284 e. The van der Waals surface area contributed by atoms with Crippen molar-refractivity contribution in [1.29, 1.82) is 5.26 Å². The first-order valence-electron chi connectivity index (χ1n) is 9.74. The van der Waals surface area contributed by atoms with Gasteiger partial charge in [0.05, 0.1) is 23.8 Å². The number of carbonyl (C=O) groups is 2. The van der Waals surface area contributed by atoms with Gasteiger partial charge in [-0.05, 0) is 32.9 Å². The normalized spacial score (nSPS) is 11.9. The van der Waals surface area contributed by atoms with Crippen LogP contribution in [0.1, 0.15) is 43.6 Å². The van der Waals surface area contributed by atoms with Crippen molar-refractivity contribution in [1.82, 2.24) is 20.8 Å². The Hall–Kier alpha value is -3.75. The molecule has 2 aromatic rings. The van der Waals surface area contributed by atoms with Crippen molar-refractivity contribution in [2.75, 3.05) is 18.9 Å². The number of carbonyl (C=O) groups excluding carboxylic acids is 2. The van der Waals surface area contributed by atoms with Crippen molar-refractivity contribution in [2.45, 2.75) is 39.4 Å². The van der Waals surface area contributed by atoms with E-state index in [2.05, 4.69) is 20.8 Å². The predicted octanol–water partition coefficient (Wildman–Crippen LogP) is 0.933. The predicted molar refractivity (Wildman–Crippen MR) is 115 cm³/mol. The van der Waals surface area contributed by atoms with E-state index < -0.39 is 17.6 Å². The lowest BCUT2D eigenvalue weighted by Gasteiger charge is -2.19. The van der Waals surface area contributed by atoms with E-state index in [0.29, 0.717) is 11.1 Å². The zero-order valence-electron chi connectivity index (χ0n) is 18.3. The first kappa shape index (κ1) is 24.5. The molecule has 0 fully saturated rings. The number of nitrogens with one attached hydrogen (secondary N) is 2. The third kappa shape index (κ3) is 7.19. The van der Waals surface area contributed by atoms with Gasteiger partial charge >= 0.3 is 0 Å². The highest BCUT2D eigenvalue weighted by atomic mass is 16.7. The molecule has 5 N–H and O–H groups in total. The Morgan fingerprint density at radius 3 is 2.69 bits per heavy atom. The molecule has 0 aliphatic carbocycles. The fourth-order valence-corrected chi connectivity index (χ4v) is 2.46. The third-order valence-corrected chi connectivity index (χ3v) is 3.92. The highest BCUT2D eigenvalue weighted by Gasteiger charge is 2.24. The molecular formula is C21H26N6O5. The molecule has 2 amide bonds. The van der Waals surface area contributed by atoms with Crippen LogP contribution < -0.4 is 21.3 Å². The van der Waals surface area contributed by atoms with Gasteiger partial charge in [-0.3, -0.25) is 14.4 Å². The minimum Gasteiger partial charge on any atom is -0.472 e. The van der Waals surface area contributed by atoms with Crippen LogP contribution in [0.4, 0.5) is 5.82 Å². The number of nitrogen functional groups attached to an aromatic ring is 1. The van der Waals surface area contributed by atoms with Crippen LogP contribution in [0.3, 0.4) is 0 Å².